The molecule has 140 valence electrons. The summed E-state index contributed by atoms with van der Waals surface area (Å²) in [5.41, 5.74) is 0.976. The maximum Gasteiger partial charge on any atom is 0.224 e. The largest absolute Gasteiger partial charge is 0.378 e. The molecule has 3 aliphatic heterocycles. The lowest BCUT2D eigenvalue weighted by Crippen LogP contribution is -2.43. The number of rotatable bonds is 3. The minimum atomic E-state index is 0.334. The first-order valence-corrected chi connectivity index (χ1v) is 10.7. The predicted molar refractivity (Wildman–Crippen MR) is 105 cm³/mol. The molecule has 0 saturated carbocycles. The zero-order valence-electron chi connectivity index (χ0n) is 14.8. The zero-order chi connectivity index (χ0) is 17.5. The fourth-order valence-electron chi connectivity index (χ4n) is 4.49. The quantitative estimate of drug-likeness (QED) is 0.808. The van der Waals surface area contributed by atoms with Gasteiger partial charge in [0.05, 0.1) is 23.4 Å². The summed E-state index contributed by atoms with van der Waals surface area (Å²) < 4.78 is 6.63. The van der Waals surface area contributed by atoms with E-state index in [-0.39, 0.29) is 0 Å². The Bertz CT molecular complexity index is 793. The molecule has 0 aromatic carbocycles. The molecule has 0 radical (unpaired) electrons. The van der Waals surface area contributed by atoms with Crippen molar-refractivity contribution >= 4 is 39.0 Å². The van der Waals surface area contributed by atoms with Crippen LogP contribution in [0, 0.1) is 5.92 Å². The van der Waals surface area contributed by atoms with Crippen LogP contribution >= 0.6 is 22.9 Å². The van der Waals surface area contributed by atoms with Crippen molar-refractivity contribution in [1.82, 2.24) is 20.2 Å². The molecule has 5 rings (SSSR count). The number of ether oxygens (including phenoxy) is 1. The second-order valence-corrected chi connectivity index (χ2v) is 8.95. The van der Waals surface area contributed by atoms with E-state index in [9.17, 15) is 0 Å². The third kappa shape index (κ3) is 3.31. The molecule has 0 bridgehead atoms. The van der Waals surface area contributed by atoms with Crippen molar-refractivity contribution in [3.8, 4) is 0 Å². The van der Waals surface area contributed by atoms with Gasteiger partial charge in [0.15, 0.2) is 5.82 Å². The number of fused-ring (bicyclic) bond motifs is 2. The second kappa shape index (κ2) is 7.20. The van der Waals surface area contributed by atoms with Gasteiger partial charge in [0.1, 0.15) is 0 Å². The van der Waals surface area contributed by atoms with Crippen molar-refractivity contribution in [2.45, 2.75) is 25.4 Å². The fourth-order valence-corrected chi connectivity index (χ4v) is 5.82. The van der Waals surface area contributed by atoms with Gasteiger partial charge in [0.2, 0.25) is 5.28 Å². The van der Waals surface area contributed by atoms with Crippen LogP contribution in [0.25, 0.3) is 10.2 Å². The van der Waals surface area contributed by atoms with E-state index in [1.807, 2.05) is 11.3 Å². The molecular formula is C18H24ClN5OS. The SMILES string of the molecule is Clc1nc(N2CCOCC2)c2sc(CN3CCC4NCCC4C3)cc2n1. The number of nitrogens with zero attached hydrogens (tertiary/aromatic N) is 4. The Labute approximate surface area is 162 Å². The highest BCUT2D eigenvalue weighted by Gasteiger charge is 2.32. The van der Waals surface area contributed by atoms with Gasteiger partial charge in [-0.3, -0.25) is 4.90 Å². The molecule has 2 atom stereocenters. The molecule has 6 nitrogen and oxygen atoms in total. The van der Waals surface area contributed by atoms with Gasteiger partial charge < -0.3 is 15.0 Å². The van der Waals surface area contributed by atoms with Crippen molar-refractivity contribution in [2.75, 3.05) is 50.8 Å². The van der Waals surface area contributed by atoms with Gasteiger partial charge in [0, 0.05) is 43.6 Å². The molecule has 0 aliphatic carbocycles. The van der Waals surface area contributed by atoms with E-state index < -0.39 is 0 Å². The maximum absolute atomic E-state index is 6.21. The lowest BCUT2D eigenvalue weighted by atomic mass is 9.93. The molecule has 0 spiro atoms. The summed E-state index contributed by atoms with van der Waals surface area (Å²) in [7, 11) is 0. The molecule has 8 heteroatoms. The molecule has 0 amide bonds. The number of hydrogen-bond acceptors (Lipinski definition) is 7. The number of piperidine rings is 1. The van der Waals surface area contributed by atoms with Crippen LogP contribution in [0.5, 0.6) is 0 Å². The van der Waals surface area contributed by atoms with Gasteiger partial charge in [-0.05, 0) is 43.0 Å². The zero-order valence-corrected chi connectivity index (χ0v) is 16.4. The van der Waals surface area contributed by atoms with Gasteiger partial charge in [-0.2, -0.15) is 4.98 Å². The first-order valence-electron chi connectivity index (χ1n) is 9.50. The smallest absolute Gasteiger partial charge is 0.224 e. The van der Waals surface area contributed by atoms with Crippen LogP contribution < -0.4 is 10.2 Å². The Balaban J connectivity index is 1.39. The van der Waals surface area contributed by atoms with Crippen LogP contribution in [-0.4, -0.2) is 66.8 Å². The van der Waals surface area contributed by atoms with Gasteiger partial charge in [-0.25, -0.2) is 4.98 Å². The van der Waals surface area contributed by atoms with Crippen molar-refractivity contribution in [1.29, 1.82) is 0 Å². The van der Waals surface area contributed by atoms with E-state index in [2.05, 4.69) is 31.2 Å². The van der Waals surface area contributed by atoms with E-state index in [0.717, 1.165) is 60.8 Å². The molecule has 2 unspecified atom stereocenters. The molecule has 1 N–H and O–H groups in total. The van der Waals surface area contributed by atoms with Crippen LogP contribution in [0.1, 0.15) is 17.7 Å². The summed E-state index contributed by atoms with van der Waals surface area (Å²) >= 11 is 8.03. The summed E-state index contributed by atoms with van der Waals surface area (Å²) in [6.07, 6.45) is 2.58. The Morgan fingerprint density at radius 1 is 1.23 bits per heavy atom. The van der Waals surface area contributed by atoms with E-state index in [4.69, 9.17) is 16.3 Å². The Hall–Kier alpha value is -0.990. The number of halogens is 1. The van der Waals surface area contributed by atoms with Crippen LogP contribution in [-0.2, 0) is 11.3 Å². The molecule has 2 aromatic heterocycles. The number of morpholine rings is 1. The third-order valence-corrected chi connectivity index (χ3v) is 7.08. The average Bonchev–Trinajstić information content (AvgIpc) is 3.27. The van der Waals surface area contributed by atoms with Gasteiger partial charge >= 0.3 is 0 Å². The summed E-state index contributed by atoms with van der Waals surface area (Å²) in [6, 6.07) is 2.95. The highest BCUT2D eigenvalue weighted by molar-refractivity contribution is 7.19. The standard InChI is InChI=1S/C18H24ClN5OS/c19-18-21-15-9-13(11-23-4-2-14-12(10-23)1-3-20-14)26-16(15)17(22-18)24-5-7-25-8-6-24/h9,12,14,20H,1-8,10-11H2. The Morgan fingerprint density at radius 3 is 3.00 bits per heavy atom. The lowest BCUT2D eigenvalue weighted by molar-refractivity contribution is 0.122. The molecule has 26 heavy (non-hydrogen) atoms. The lowest BCUT2D eigenvalue weighted by Gasteiger charge is -2.34. The fraction of sp³-hybridized carbons (Fsp3) is 0.667. The van der Waals surface area contributed by atoms with Gasteiger partial charge in [-0.15, -0.1) is 11.3 Å². The average molecular weight is 394 g/mol. The van der Waals surface area contributed by atoms with Crippen LogP contribution in [0.3, 0.4) is 0 Å². The van der Waals surface area contributed by atoms with E-state index in [1.54, 1.807) is 0 Å². The number of hydrogen-bond donors (Lipinski definition) is 1. The van der Waals surface area contributed by atoms with Crippen LogP contribution in [0.2, 0.25) is 5.28 Å². The number of aromatic nitrogens is 2. The molecule has 3 saturated heterocycles. The molecule has 5 heterocycles. The number of likely N-dealkylation sites (tertiary alicyclic amines) is 1. The van der Waals surface area contributed by atoms with Crippen molar-refractivity contribution < 1.29 is 4.74 Å². The number of thiophene rings is 1. The Morgan fingerprint density at radius 2 is 2.12 bits per heavy atom. The van der Waals surface area contributed by atoms with E-state index in [1.165, 1.54) is 37.4 Å². The van der Waals surface area contributed by atoms with Crippen LogP contribution in [0.15, 0.2) is 6.07 Å². The van der Waals surface area contributed by atoms with Crippen molar-refractivity contribution in [3.05, 3.63) is 16.2 Å². The van der Waals surface area contributed by atoms with E-state index in [0.29, 0.717) is 5.28 Å². The topological polar surface area (TPSA) is 53.5 Å². The maximum atomic E-state index is 6.21. The highest BCUT2D eigenvalue weighted by Crippen LogP contribution is 2.35. The summed E-state index contributed by atoms with van der Waals surface area (Å²) in [6.45, 7) is 7.76. The first-order chi connectivity index (χ1) is 12.8. The number of nitrogens with one attached hydrogen (secondary N) is 1. The number of anilines is 1. The highest BCUT2D eigenvalue weighted by atomic mass is 35.5. The Kier molecular flexibility index (Phi) is 4.75. The van der Waals surface area contributed by atoms with Gasteiger partial charge in [0.25, 0.3) is 0 Å². The van der Waals surface area contributed by atoms with Crippen LogP contribution in [0.4, 0.5) is 5.82 Å². The van der Waals surface area contributed by atoms with Gasteiger partial charge in [-0.1, -0.05) is 0 Å². The van der Waals surface area contributed by atoms with Crippen molar-refractivity contribution in [2.24, 2.45) is 5.92 Å². The molecule has 2 aromatic rings. The minimum absolute atomic E-state index is 0.334. The summed E-state index contributed by atoms with van der Waals surface area (Å²) in [5, 5.41) is 3.98. The normalized spacial score (nSPS) is 27.2. The predicted octanol–water partition coefficient (Wildman–Crippen LogP) is 2.37. The summed E-state index contributed by atoms with van der Waals surface area (Å²) in [4.78, 5) is 15.2. The second-order valence-electron chi connectivity index (χ2n) is 7.48. The molecule has 3 fully saturated rings. The third-order valence-electron chi connectivity index (χ3n) is 5.81. The molecular weight excluding hydrogens is 370 g/mol. The van der Waals surface area contributed by atoms with E-state index >= 15 is 0 Å². The molecule has 3 aliphatic rings. The summed E-state index contributed by atoms with van der Waals surface area (Å²) in [5.74, 6) is 1.79. The monoisotopic (exact) mass is 393 g/mol. The van der Waals surface area contributed by atoms with Crippen molar-refractivity contribution in [3.63, 3.8) is 0 Å². The first kappa shape index (κ1) is 17.1. The minimum Gasteiger partial charge on any atom is -0.378 e.